The van der Waals surface area contributed by atoms with Gasteiger partial charge in [-0.25, -0.2) is 0 Å². The highest BCUT2D eigenvalue weighted by Crippen LogP contribution is 2.27. The summed E-state index contributed by atoms with van der Waals surface area (Å²) in [6.45, 7) is 2.04. The van der Waals surface area contributed by atoms with Crippen LogP contribution in [0, 0.1) is 5.92 Å². The van der Waals surface area contributed by atoms with E-state index in [4.69, 9.17) is 16.7 Å². The van der Waals surface area contributed by atoms with Crippen molar-refractivity contribution in [1.82, 2.24) is 5.32 Å². The van der Waals surface area contributed by atoms with Gasteiger partial charge in [0.15, 0.2) is 0 Å². The average molecular weight is 342 g/mol. The Bertz CT molecular complexity index is 556. The molecule has 22 heavy (non-hydrogen) atoms. The number of aliphatic carboxylic acids is 1. The summed E-state index contributed by atoms with van der Waals surface area (Å²) in [6, 6.07) is 5.39. The van der Waals surface area contributed by atoms with Crippen LogP contribution in [0.5, 0.6) is 0 Å². The molecular formula is C16H20ClNO3S. The summed E-state index contributed by atoms with van der Waals surface area (Å²) in [5, 5.41) is 12.6. The van der Waals surface area contributed by atoms with Crippen molar-refractivity contribution in [3.05, 3.63) is 28.8 Å². The third-order valence-electron chi connectivity index (χ3n) is 3.90. The number of carbonyl (C=O) groups is 2. The first-order valence-corrected chi connectivity index (χ1v) is 8.83. The zero-order valence-corrected chi connectivity index (χ0v) is 14.0. The molecule has 120 valence electrons. The summed E-state index contributed by atoms with van der Waals surface area (Å²) in [4.78, 5) is 24.4. The van der Waals surface area contributed by atoms with Crippen LogP contribution in [-0.4, -0.2) is 28.8 Å². The lowest BCUT2D eigenvalue weighted by Crippen LogP contribution is -2.38. The minimum absolute atomic E-state index is 0.0431. The minimum Gasteiger partial charge on any atom is -0.481 e. The molecular weight excluding hydrogens is 322 g/mol. The monoisotopic (exact) mass is 341 g/mol. The van der Waals surface area contributed by atoms with Gasteiger partial charge in [0.2, 0.25) is 0 Å². The molecule has 0 radical (unpaired) electrons. The number of nitrogens with one attached hydrogen (secondary N) is 1. The van der Waals surface area contributed by atoms with E-state index in [0.717, 1.165) is 10.6 Å². The summed E-state index contributed by atoms with van der Waals surface area (Å²) in [6.07, 6.45) is 2.65. The number of halogens is 1. The molecule has 0 saturated heterocycles. The lowest BCUT2D eigenvalue weighted by atomic mass is 9.86. The Morgan fingerprint density at radius 3 is 2.59 bits per heavy atom. The summed E-state index contributed by atoms with van der Waals surface area (Å²) < 4.78 is 0. The van der Waals surface area contributed by atoms with E-state index >= 15 is 0 Å². The molecule has 4 nitrogen and oxygen atoms in total. The minimum atomic E-state index is -0.735. The third-order valence-corrected chi connectivity index (χ3v) is 5.09. The van der Waals surface area contributed by atoms with Crippen LogP contribution < -0.4 is 5.32 Å². The van der Waals surface area contributed by atoms with Crippen LogP contribution in [0.2, 0.25) is 5.02 Å². The molecule has 1 aromatic rings. The molecule has 2 rings (SSSR count). The molecule has 2 N–H and O–H groups in total. The molecule has 0 spiro atoms. The normalized spacial score (nSPS) is 21.4. The molecule has 1 aromatic carbocycles. The number of benzene rings is 1. The number of carbonyl (C=O) groups excluding carboxylic acids is 1. The second-order valence-corrected chi connectivity index (χ2v) is 7.18. The van der Waals surface area contributed by atoms with E-state index in [1.165, 1.54) is 0 Å². The van der Waals surface area contributed by atoms with Crippen molar-refractivity contribution >= 4 is 35.2 Å². The van der Waals surface area contributed by atoms with E-state index in [0.29, 0.717) is 36.3 Å². The van der Waals surface area contributed by atoms with Crippen LogP contribution >= 0.6 is 23.4 Å². The first kappa shape index (κ1) is 17.2. The Morgan fingerprint density at radius 2 is 2.00 bits per heavy atom. The average Bonchev–Trinajstić information content (AvgIpc) is 2.49. The SMILES string of the molecule is CCSc1ccc(Cl)cc1C(=O)NC1CCC(C(=O)O)CC1. The molecule has 0 bridgehead atoms. The van der Waals surface area contributed by atoms with Gasteiger partial charge in [0.1, 0.15) is 0 Å². The number of hydrogen-bond donors (Lipinski definition) is 2. The van der Waals surface area contributed by atoms with Crippen molar-refractivity contribution in [3.8, 4) is 0 Å². The summed E-state index contributed by atoms with van der Waals surface area (Å²) in [5.74, 6) is -0.255. The fourth-order valence-corrected chi connectivity index (χ4v) is 3.66. The molecule has 1 fully saturated rings. The fourth-order valence-electron chi connectivity index (χ4n) is 2.71. The third kappa shape index (κ3) is 4.40. The van der Waals surface area contributed by atoms with E-state index in [-0.39, 0.29) is 17.9 Å². The van der Waals surface area contributed by atoms with Gasteiger partial charge in [0, 0.05) is 16.0 Å². The number of carboxylic acid groups (broad SMARTS) is 1. The molecule has 0 aromatic heterocycles. The summed E-state index contributed by atoms with van der Waals surface area (Å²) >= 11 is 7.61. The van der Waals surface area contributed by atoms with E-state index in [2.05, 4.69) is 5.32 Å². The number of rotatable bonds is 5. The zero-order valence-electron chi connectivity index (χ0n) is 12.5. The lowest BCUT2D eigenvalue weighted by molar-refractivity contribution is -0.142. The topological polar surface area (TPSA) is 66.4 Å². The van der Waals surface area contributed by atoms with Crippen LogP contribution in [-0.2, 0) is 4.79 Å². The van der Waals surface area contributed by atoms with Crippen molar-refractivity contribution in [2.75, 3.05) is 5.75 Å². The fraction of sp³-hybridized carbons (Fsp3) is 0.500. The maximum absolute atomic E-state index is 12.5. The van der Waals surface area contributed by atoms with E-state index in [1.807, 2.05) is 13.0 Å². The maximum atomic E-state index is 12.5. The van der Waals surface area contributed by atoms with Crippen molar-refractivity contribution < 1.29 is 14.7 Å². The highest BCUT2D eigenvalue weighted by molar-refractivity contribution is 7.99. The molecule has 0 atom stereocenters. The van der Waals surface area contributed by atoms with Gasteiger partial charge in [-0.1, -0.05) is 18.5 Å². The van der Waals surface area contributed by atoms with Gasteiger partial charge in [-0.3, -0.25) is 9.59 Å². The Balaban J connectivity index is 2.01. The first-order chi connectivity index (χ1) is 10.5. The van der Waals surface area contributed by atoms with Crippen molar-refractivity contribution in [1.29, 1.82) is 0 Å². The Hall–Kier alpha value is -1.20. The first-order valence-electron chi connectivity index (χ1n) is 7.47. The van der Waals surface area contributed by atoms with Gasteiger partial charge >= 0.3 is 5.97 Å². The van der Waals surface area contributed by atoms with Gasteiger partial charge in [-0.2, -0.15) is 0 Å². The Morgan fingerprint density at radius 1 is 1.32 bits per heavy atom. The molecule has 0 heterocycles. The van der Waals surface area contributed by atoms with Crippen molar-refractivity contribution in [3.63, 3.8) is 0 Å². The van der Waals surface area contributed by atoms with E-state index < -0.39 is 5.97 Å². The van der Waals surface area contributed by atoms with Gasteiger partial charge < -0.3 is 10.4 Å². The Labute approximate surface area is 139 Å². The second kappa shape index (κ2) is 7.88. The van der Waals surface area contributed by atoms with Crippen molar-refractivity contribution in [2.24, 2.45) is 5.92 Å². The van der Waals surface area contributed by atoms with Crippen molar-refractivity contribution in [2.45, 2.75) is 43.5 Å². The standard InChI is InChI=1S/C16H20ClNO3S/c1-2-22-14-8-5-11(17)9-13(14)15(19)18-12-6-3-10(4-7-12)16(20)21/h5,8-10,12H,2-4,6-7H2,1H3,(H,18,19)(H,20,21). The molecule has 1 saturated carbocycles. The largest absolute Gasteiger partial charge is 0.481 e. The van der Waals surface area contributed by atoms with Gasteiger partial charge in [0.05, 0.1) is 11.5 Å². The summed E-state index contributed by atoms with van der Waals surface area (Å²) in [5.41, 5.74) is 0.597. The van der Waals surface area contributed by atoms with Gasteiger partial charge in [-0.05, 0) is 49.6 Å². The van der Waals surface area contributed by atoms with Crippen LogP contribution in [0.1, 0.15) is 43.0 Å². The van der Waals surface area contributed by atoms with Crippen LogP contribution in [0.3, 0.4) is 0 Å². The molecule has 6 heteroatoms. The molecule has 0 unspecified atom stereocenters. The van der Waals surface area contributed by atoms with Crippen LogP contribution in [0.15, 0.2) is 23.1 Å². The molecule has 1 aliphatic carbocycles. The molecule has 1 amide bonds. The highest BCUT2D eigenvalue weighted by Gasteiger charge is 2.27. The highest BCUT2D eigenvalue weighted by atomic mass is 35.5. The Kier molecular flexibility index (Phi) is 6.15. The summed E-state index contributed by atoms with van der Waals surface area (Å²) in [7, 11) is 0. The van der Waals surface area contributed by atoms with E-state index in [9.17, 15) is 9.59 Å². The lowest BCUT2D eigenvalue weighted by Gasteiger charge is -2.27. The molecule has 1 aliphatic rings. The number of carboxylic acids is 1. The van der Waals surface area contributed by atoms with Crippen LogP contribution in [0.25, 0.3) is 0 Å². The number of hydrogen-bond acceptors (Lipinski definition) is 3. The smallest absolute Gasteiger partial charge is 0.306 e. The van der Waals surface area contributed by atoms with Gasteiger partial charge in [0.25, 0.3) is 5.91 Å². The number of amides is 1. The molecule has 0 aliphatic heterocycles. The maximum Gasteiger partial charge on any atom is 0.306 e. The van der Waals surface area contributed by atoms with Crippen LogP contribution in [0.4, 0.5) is 0 Å². The zero-order chi connectivity index (χ0) is 16.1. The predicted octanol–water partition coefficient (Wildman–Crippen LogP) is 3.83. The number of thioether (sulfide) groups is 1. The van der Waals surface area contributed by atoms with E-state index in [1.54, 1.807) is 23.9 Å². The van der Waals surface area contributed by atoms with Gasteiger partial charge in [-0.15, -0.1) is 11.8 Å². The second-order valence-electron chi connectivity index (χ2n) is 5.43. The predicted molar refractivity (Wildman–Crippen MR) is 88.7 cm³/mol. The quantitative estimate of drug-likeness (QED) is 0.799.